The van der Waals surface area contributed by atoms with Crippen molar-refractivity contribution in [3.8, 4) is 10.7 Å². The molecule has 2 nitrogen and oxygen atoms in total. The zero-order valence-corrected chi connectivity index (χ0v) is 9.84. The van der Waals surface area contributed by atoms with E-state index in [9.17, 15) is 0 Å². The van der Waals surface area contributed by atoms with Crippen molar-refractivity contribution < 1.29 is 0 Å². The highest BCUT2D eigenvalue weighted by atomic mass is 32.1. The van der Waals surface area contributed by atoms with E-state index >= 15 is 0 Å². The van der Waals surface area contributed by atoms with E-state index in [4.69, 9.17) is 0 Å². The fourth-order valence-electron chi connectivity index (χ4n) is 1.49. The molecular formula is C12H14N2S. The third kappa shape index (κ3) is 2.07. The first-order chi connectivity index (χ1) is 7.35. The number of aryl methyl sites for hydroxylation is 2. The van der Waals surface area contributed by atoms with E-state index in [1.54, 1.807) is 11.3 Å². The van der Waals surface area contributed by atoms with Crippen LogP contribution in [0.1, 0.15) is 25.1 Å². The van der Waals surface area contributed by atoms with Gasteiger partial charge in [-0.1, -0.05) is 19.9 Å². The Morgan fingerprint density at radius 1 is 1.27 bits per heavy atom. The molecule has 3 heteroatoms. The zero-order chi connectivity index (χ0) is 10.7. The van der Waals surface area contributed by atoms with Gasteiger partial charge in [0, 0.05) is 11.6 Å². The normalized spacial score (nSPS) is 10.5. The Morgan fingerprint density at radius 3 is 2.80 bits per heavy atom. The molecule has 0 fully saturated rings. The van der Waals surface area contributed by atoms with Gasteiger partial charge in [0.05, 0.1) is 5.69 Å². The first-order valence-electron chi connectivity index (χ1n) is 5.23. The maximum absolute atomic E-state index is 4.56. The van der Waals surface area contributed by atoms with E-state index in [1.165, 1.54) is 5.56 Å². The van der Waals surface area contributed by atoms with Crippen molar-refractivity contribution in [1.82, 2.24) is 9.97 Å². The predicted molar refractivity (Wildman–Crippen MR) is 64.1 cm³/mol. The van der Waals surface area contributed by atoms with Crippen LogP contribution in [0.4, 0.5) is 0 Å². The van der Waals surface area contributed by atoms with Gasteiger partial charge in [0.1, 0.15) is 10.7 Å². The lowest BCUT2D eigenvalue weighted by Gasteiger charge is -2.01. The molecule has 15 heavy (non-hydrogen) atoms. The summed E-state index contributed by atoms with van der Waals surface area (Å²) in [4.78, 5) is 8.98. The van der Waals surface area contributed by atoms with Gasteiger partial charge in [-0.15, -0.1) is 11.3 Å². The number of nitrogens with zero attached hydrogens (tertiary/aromatic N) is 2. The van der Waals surface area contributed by atoms with E-state index in [1.807, 2.05) is 12.3 Å². The van der Waals surface area contributed by atoms with Gasteiger partial charge in [0.2, 0.25) is 0 Å². The highest BCUT2D eigenvalue weighted by molar-refractivity contribution is 7.13. The molecule has 2 heterocycles. The second kappa shape index (κ2) is 4.53. The average Bonchev–Trinajstić information content (AvgIpc) is 2.77. The molecule has 0 aliphatic heterocycles. The zero-order valence-electron chi connectivity index (χ0n) is 9.03. The molecule has 2 rings (SSSR count). The van der Waals surface area contributed by atoms with Gasteiger partial charge >= 0.3 is 0 Å². The third-order valence-corrected chi connectivity index (χ3v) is 3.29. The summed E-state index contributed by atoms with van der Waals surface area (Å²) < 4.78 is 0. The summed E-state index contributed by atoms with van der Waals surface area (Å²) in [7, 11) is 0. The second-order valence-corrected chi connectivity index (χ2v) is 4.22. The number of hydrogen-bond acceptors (Lipinski definition) is 3. The highest BCUT2D eigenvalue weighted by Crippen LogP contribution is 2.25. The van der Waals surface area contributed by atoms with Crippen molar-refractivity contribution in [1.29, 1.82) is 0 Å². The van der Waals surface area contributed by atoms with Crippen molar-refractivity contribution in [2.75, 3.05) is 0 Å². The molecule has 0 aromatic carbocycles. The third-order valence-electron chi connectivity index (χ3n) is 2.39. The molecule has 0 atom stereocenters. The van der Waals surface area contributed by atoms with Crippen LogP contribution in [-0.4, -0.2) is 9.97 Å². The summed E-state index contributed by atoms with van der Waals surface area (Å²) in [5, 5.41) is 3.16. The van der Waals surface area contributed by atoms with Crippen molar-refractivity contribution in [2.24, 2.45) is 0 Å². The lowest BCUT2D eigenvalue weighted by Crippen LogP contribution is -1.90. The average molecular weight is 218 g/mol. The van der Waals surface area contributed by atoms with Crippen LogP contribution in [0.25, 0.3) is 10.7 Å². The summed E-state index contributed by atoms with van der Waals surface area (Å²) in [5.74, 6) is 0. The number of thiazole rings is 1. The lowest BCUT2D eigenvalue weighted by atomic mass is 10.1. The summed E-state index contributed by atoms with van der Waals surface area (Å²) >= 11 is 1.68. The van der Waals surface area contributed by atoms with Crippen molar-refractivity contribution >= 4 is 11.3 Å². The molecule has 78 valence electrons. The summed E-state index contributed by atoms with van der Waals surface area (Å²) in [5.41, 5.74) is 3.47. The van der Waals surface area contributed by atoms with E-state index in [0.717, 1.165) is 29.2 Å². The van der Waals surface area contributed by atoms with Crippen LogP contribution >= 0.6 is 11.3 Å². The fourth-order valence-corrected chi connectivity index (χ4v) is 2.43. The number of aromatic nitrogens is 2. The first kappa shape index (κ1) is 10.3. The van der Waals surface area contributed by atoms with Gasteiger partial charge in [-0.05, 0) is 24.5 Å². The Morgan fingerprint density at radius 2 is 2.13 bits per heavy atom. The van der Waals surface area contributed by atoms with Crippen LogP contribution in [0.3, 0.4) is 0 Å². The molecule has 0 spiro atoms. The molecule has 0 amide bonds. The molecule has 2 aromatic heterocycles. The van der Waals surface area contributed by atoms with Crippen molar-refractivity contribution in [3.05, 3.63) is 35.0 Å². The maximum Gasteiger partial charge on any atom is 0.142 e. The molecule has 0 aliphatic carbocycles. The molecule has 0 aliphatic rings. The predicted octanol–water partition coefficient (Wildman–Crippen LogP) is 3.33. The second-order valence-electron chi connectivity index (χ2n) is 3.36. The van der Waals surface area contributed by atoms with Crippen molar-refractivity contribution in [2.45, 2.75) is 26.7 Å². The first-order valence-corrected chi connectivity index (χ1v) is 6.11. The minimum absolute atomic E-state index is 0.991. The number of pyridine rings is 1. The van der Waals surface area contributed by atoms with Crippen LogP contribution in [0.2, 0.25) is 0 Å². The van der Waals surface area contributed by atoms with Crippen LogP contribution in [0.15, 0.2) is 23.7 Å². The molecular weight excluding hydrogens is 204 g/mol. The fraction of sp³-hybridized carbons (Fsp3) is 0.333. The minimum atomic E-state index is 0.991. The van der Waals surface area contributed by atoms with Gasteiger partial charge in [-0.3, -0.25) is 4.98 Å². The van der Waals surface area contributed by atoms with Gasteiger partial charge in [0.25, 0.3) is 0 Å². The minimum Gasteiger partial charge on any atom is -0.253 e. The van der Waals surface area contributed by atoms with Gasteiger partial charge in [-0.2, -0.15) is 0 Å². The van der Waals surface area contributed by atoms with Gasteiger partial charge in [-0.25, -0.2) is 4.98 Å². The number of rotatable bonds is 3. The monoisotopic (exact) mass is 218 g/mol. The smallest absolute Gasteiger partial charge is 0.142 e. The van der Waals surface area contributed by atoms with E-state index < -0.39 is 0 Å². The summed E-state index contributed by atoms with van der Waals surface area (Å²) in [6, 6.07) is 4.10. The Hall–Kier alpha value is -1.22. The SMILES string of the molecule is CCc1csc(-c2ncccc2CC)n1. The Balaban J connectivity index is 2.44. The lowest BCUT2D eigenvalue weighted by molar-refractivity contribution is 1.05. The van der Waals surface area contributed by atoms with E-state index in [0.29, 0.717) is 0 Å². The summed E-state index contributed by atoms with van der Waals surface area (Å²) in [6.07, 6.45) is 3.83. The molecule has 0 saturated heterocycles. The Kier molecular flexibility index (Phi) is 3.11. The highest BCUT2D eigenvalue weighted by Gasteiger charge is 2.08. The quantitative estimate of drug-likeness (QED) is 0.789. The van der Waals surface area contributed by atoms with Gasteiger partial charge < -0.3 is 0 Å². The molecule has 0 N–H and O–H groups in total. The molecule has 0 radical (unpaired) electrons. The topological polar surface area (TPSA) is 25.8 Å². The van der Waals surface area contributed by atoms with Crippen LogP contribution in [0, 0.1) is 0 Å². The Bertz CT molecular complexity index is 448. The number of hydrogen-bond donors (Lipinski definition) is 0. The molecule has 2 aromatic rings. The van der Waals surface area contributed by atoms with Crippen LogP contribution < -0.4 is 0 Å². The van der Waals surface area contributed by atoms with E-state index in [2.05, 4.69) is 35.3 Å². The van der Waals surface area contributed by atoms with Gasteiger partial charge in [0.15, 0.2) is 0 Å². The van der Waals surface area contributed by atoms with E-state index in [-0.39, 0.29) is 0 Å². The van der Waals surface area contributed by atoms with Crippen LogP contribution in [0.5, 0.6) is 0 Å². The largest absolute Gasteiger partial charge is 0.253 e. The molecule has 0 saturated carbocycles. The molecule has 0 bridgehead atoms. The standard InChI is InChI=1S/C12H14N2S/c1-3-9-6-5-7-13-11(9)12-14-10(4-2)8-15-12/h5-8H,3-4H2,1-2H3. The maximum atomic E-state index is 4.56. The van der Waals surface area contributed by atoms with Crippen molar-refractivity contribution in [3.63, 3.8) is 0 Å². The summed E-state index contributed by atoms with van der Waals surface area (Å²) in [6.45, 7) is 4.27. The van der Waals surface area contributed by atoms with Crippen LogP contribution in [-0.2, 0) is 12.8 Å². The molecule has 0 unspecified atom stereocenters. The Labute approximate surface area is 94.0 Å².